The number of non-ortho nitro benzene ring substituents is 1. The number of anilines is 1. The second kappa shape index (κ2) is 6.96. The van der Waals surface area contributed by atoms with Gasteiger partial charge in [-0.2, -0.15) is 0 Å². The number of hydrogen-bond acceptors (Lipinski definition) is 4. The van der Waals surface area contributed by atoms with Crippen LogP contribution in [0.25, 0.3) is 0 Å². The molecule has 0 aromatic heterocycles. The summed E-state index contributed by atoms with van der Waals surface area (Å²) in [6.07, 6.45) is 0. The van der Waals surface area contributed by atoms with Crippen molar-refractivity contribution in [1.82, 2.24) is 0 Å². The summed E-state index contributed by atoms with van der Waals surface area (Å²) in [4.78, 5) is 11.7. The van der Waals surface area contributed by atoms with Crippen molar-refractivity contribution >= 4 is 23.1 Å². The molecule has 0 amide bonds. The number of nitro benzene ring substituents is 1. The third kappa shape index (κ3) is 4.28. The minimum Gasteiger partial charge on any atom is -0.384 e. The fraction of sp³-hybridized carbons (Fsp3) is 0.200. The molecule has 0 heterocycles. The van der Waals surface area contributed by atoms with E-state index in [2.05, 4.69) is 17.4 Å². The molecule has 2 aromatic rings. The normalized spacial score (nSPS) is 10.2. The van der Waals surface area contributed by atoms with E-state index in [9.17, 15) is 10.1 Å². The van der Waals surface area contributed by atoms with Crippen molar-refractivity contribution in [3.63, 3.8) is 0 Å². The van der Waals surface area contributed by atoms with Gasteiger partial charge in [0.2, 0.25) is 0 Å². The molecular formula is C15H16N2O2S. The van der Waals surface area contributed by atoms with E-state index in [1.807, 2.05) is 31.2 Å². The number of aryl methyl sites for hydroxylation is 1. The van der Waals surface area contributed by atoms with Crippen LogP contribution >= 0.6 is 11.8 Å². The van der Waals surface area contributed by atoms with Crippen molar-refractivity contribution in [2.24, 2.45) is 0 Å². The second-order valence-electron chi connectivity index (χ2n) is 4.40. The Kier molecular flexibility index (Phi) is 5.01. The zero-order valence-corrected chi connectivity index (χ0v) is 12.0. The zero-order chi connectivity index (χ0) is 14.4. The Labute approximate surface area is 122 Å². The lowest BCUT2D eigenvalue weighted by atomic mass is 10.2. The first-order valence-electron chi connectivity index (χ1n) is 6.33. The molecule has 2 aromatic carbocycles. The lowest BCUT2D eigenvalue weighted by Crippen LogP contribution is -2.04. The summed E-state index contributed by atoms with van der Waals surface area (Å²) >= 11 is 1.76. The van der Waals surface area contributed by atoms with Gasteiger partial charge in [-0.1, -0.05) is 18.2 Å². The highest BCUT2D eigenvalue weighted by Gasteiger charge is 2.07. The number of nitrogens with one attached hydrogen (secondary N) is 1. The summed E-state index contributed by atoms with van der Waals surface area (Å²) in [5, 5.41) is 14.0. The molecule has 0 radical (unpaired) electrons. The van der Waals surface area contributed by atoms with Gasteiger partial charge in [-0.05, 0) is 30.7 Å². The van der Waals surface area contributed by atoms with Crippen molar-refractivity contribution in [3.8, 4) is 0 Å². The van der Waals surface area contributed by atoms with Gasteiger partial charge >= 0.3 is 0 Å². The Morgan fingerprint density at radius 1 is 1.20 bits per heavy atom. The first kappa shape index (κ1) is 14.4. The summed E-state index contributed by atoms with van der Waals surface area (Å²) in [5.41, 5.74) is 1.81. The highest BCUT2D eigenvalue weighted by atomic mass is 32.2. The van der Waals surface area contributed by atoms with Crippen molar-refractivity contribution in [2.75, 3.05) is 17.6 Å². The number of hydrogen-bond donors (Lipinski definition) is 1. The van der Waals surface area contributed by atoms with E-state index >= 15 is 0 Å². The van der Waals surface area contributed by atoms with Crippen LogP contribution in [-0.4, -0.2) is 17.2 Å². The fourth-order valence-electron chi connectivity index (χ4n) is 1.85. The molecular weight excluding hydrogens is 272 g/mol. The van der Waals surface area contributed by atoms with E-state index in [0.717, 1.165) is 23.5 Å². The predicted molar refractivity (Wildman–Crippen MR) is 83.5 cm³/mol. The Bertz CT molecular complexity index is 588. The van der Waals surface area contributed by atoms with Gasteiger partial charge in [0.25, 0.3) is 5.69 Å². The molecule has 0 spiro atoms. The Hall–Kier alpha value is -2.01. The van der Waals surface area contributed by atoms with Gasteiger partial charge < -0.3 is 5.32 Å². The van der Waals surface area contributed by atoms with Gasteiger partial charge in [0.15, 0.2) is 0 Å². The average Bonchev–Trinajstić information content (AvgIpc) is 2.44. The zero-order valence-electron chi connectivity index (χ0n) is 11.2. The van der Waals surface area contributed by atoms with E-state index < -0.39 is 0 Å². The topological polar surface area (TPSA) is 55.2 Å². The largest absolute Gasteiger partial charge is 0.384 e. The van der Waals surface area contributed by atoms with Crippen LogP contribution in [0.4, 0.5) is 11.4 Å². The van der Waals surface area contributed by atoms with Gasteiger partial charge in [-0.25, -0.2) is 0 Å². The van der Waals surface area contributed by atoms with Gasteiger partial charge in [0, 0.05) is 35.0 Å². The molecule has 0 unspecified atom stereocenters. The minimum absolute atomic E-state index is 0.128. The van der Waals surface area contributed by atoms with Crippen molar-refractivity contribution < 1.29 is 4.92 Å². The van der Waals surface area contributed by atoms with E-state index in [4.69, 9.17) is 0 Å². The maximum atomic E-state index is 10.8. The maximum absolute atomic E-state index is 10.8. The smallest absolute Gasteiger partial charge is 0.271 e. The number of benzene rings is 2. The fourth-order valence-corrected chi connectivity index (χ4v) is 2.64. The molecule has 0 atom stereocenters. The number of thioether (sulfide) groups is 1. The Balaban J connectivity index is 1.86. The maximum Gasteiger partial charge on any atom is 0.271 e. The summed E-state index contributed by atoms with van der Waals surface area (Å²) < 4.78 is 0. The summed E-state index contributed by atoms with van der Waals surface area (Å²) in [7, 11) is 0. The van der Waals surface area contributed by atoms with Gasteiger partial charge in [0.05, 0.1) is 4.92 Å². The number of nitrogens with zero attached hydrogens (tertiary/aromatic N) is 1. The summed E-state index contributed by atoms with van der Waals surface area (Å²) in [6.45, 7) is 2.62. The quantitative estimate of drug-likeness (QED) is 0.376. The number of rotatable bonds is 6. The third-order valence-electron chi connectivity index (χ3n) is 2.72. The molecule has 4 nitrogen and oxygen atoms in total. The SMILES string of the molecule is Cc1cc(NCCSc2ccccc2)cc([N+](=O)[O-])c1. The van der Waals surface area contributed by atoms with Crippen molar-refractivity contribution in [3.05, 3.63) is 64.2 Å². The Morgan fingerprint density at radius 3 is 2.65 bits per heavy atom. The lowest BCUT2D eigenvalue weighted by Gasteiger charge is -2.07. The van der Waals surface area contributed by atoms with Crippen molar-refractivity contribution in [1.29, 1.82) is 0 Å². The molecule has 0 saturated carbocycles. The van der Waals surface area contributed by atoms with E-state index in [1.165, 1.54) is 4.90 Å². The molecule has 5 heteroatoms. The summed E-state index contributed by atoms with van der Waals surface area (Å²) in [6, 6.07) is 15.2. The molecule has 0 aliphatic heterocycles. The van der Waals surface area contributed by atoms with Crippen LogP contribution in [-0.2, 0) is 0 Å². The molecule has 0 fully saturated rings. The summed E-state index contributed by atoms with van der Waals surface area (Å²) in [5.74, 6) is 0.908. The molecule has 2 rings (SSSR count). The molecule has 1 N–H and O–H groups in total. The monoisotopic (exact) mass is 288 g/mol. The van der Waals surface area contributed by atoms with Crippen LogP contribution in [0.3, 0.4) is 0 Å². The van der Waals surface area contributed by atoms with Gasteiger partial charge in [0.1, 0.15) is 0 Å². The van der Waals surface area contributed by atoms with Crippen LogP contribution in [0.5, 0.6) is 0 Å². The highest BCUT2D eigenvalue weighted by molar-refractivity contribution is 7.99. The first-order chi connectivity index (χ1) is 9.65. The molecule has 0 aliphatic rings. The molecule has 0 aliphatic carbocycles. The van der Waals surface area contributed by atoms with Gasteiger partial charge in [-0.15, -0.1) is 11.8 Å². The van der Waals surface area contributed by atoms with E-state index in [0.29, 0.717) is 0 Å². The van der Waals surface area contributed by atoms with Crippen LogP contribution in [0, 0.1) is 17.0 Å². The minimum atomic E-state index is -0.364. The second-order valence-corrected chi connectivity index (χ2v) is 5.57. The molecule has 0 saturated heterocycles. The predicted octanol–water partition coefficient (Wildman–Crippen LogP) is 4.11. The highest BCUT2D eigenvalue weighted by Crippen LogP contribution is 2.21. The van der Waals surface area contributed by atoms with Crippen molar-refractivity contribution in [2.45, 2.75) is 11.8 Å². The van der Waals surface area contributed by atoms with Crippen LogP contribution < -0.4 is 5.32 Å². The van der Waals surface area contributed by atoms with Crippen LogP contribution in [0.2, 0.25) is 0 Å². The molecule has 104 valence electrons. The van der Waals surface area contributed by atoms with E-state index in [1.54, 1.807) is 23.9 Å². The van der Waals surface area contributed by atoms with Gasteiger partial charge in [-0.3, -0.25) is 10.1 Å². The van der Waals surface area contributed by atoms with E-state index in [-0.39, 0.29) is 10.6 Å². The Morgan fingerprint density at radius 2 is 1.95 bits per heavy atom. The standard InChI is InChI=1S/C15H16N2O2S/c1-12-9-13(11-14(10-12)17(18)19)16-7-8-20-15-5-3-2-4-6-15/h2-6,9-11,16H,7-8H2,1H3. The first-order valence-corrected chi connectivity index (χ1v) is 7.31. The third-order valence-corrected chi connectivity index (χ3v) is 3.73. The average molecular weight is 288 g/mol. The number of nitro groups is 1. The molecule has 20 heavy (non-hydrogen) atoms. The molecule has 0 bridgehead atoms. The van der Waals surface area contributed by atoms with Crippen LogP contribution in [0.1, 0.15) is 5.56 Å². The lowest BCUT2D eigenvalue weighted by molar-refractivity contribution is -0.384. The van der Waals surface area contributed by atoms with Crippen LogP contribution in [0.15, 0.2) is 53.4 Å².